The van der Waals surface area contributed by atoms with Gasteiger partial charge in [0.15, 0.2) is 6.10 Å². The van der Waals surface area contributed by atoms with E-state index in [1.807, 2.05) is 0 Å². The van der Waals surface area contributed by atoms with Crippen LogP contribution in [0.5, 0.6) is 0 Å². The molecule has 1 aromatic carbocycles. The van der Waals surface area contributed by atoms with Crippen molar-refractivity contribution < 1.29 is 32.6 Å². The monoisotopic (exact) mass is 303 g/mol. The van der Waals surface area contributed by atoms with Crippen molar-refractivity contribution in [3.05, 3.63) is 35.4 Å². The van der Waals surface area contributed by atoms with Crippen LogP contribution in [0.15, 0.2) is 24.3 Å². The fourth-order valence-electron chi connectivity index (χ4n) is 2.07. The number of carboxylic acid groups (broad SMARTS) is 1. The Labute approximate surface area is 117 Å². The summed E-state index contributed by atoms with van der Waals surface area (Å²) in [6.07, 6.45) is -5.87. The second kappa shape index (κ2) is 5.72. The minimum atomic E-state index is -4.65. The van der Waals surface area contributed by atoms with Crippen molar-refractivity contribution in [1.82, 2.24) is 4.90 Å². The number of carbonyl (C=O) groups is 2. The molecule has 1 heterocycles. The zero-order valence-corrected chi connectivity index (χ0v) is 10.8. The van der Waals surface area contributed by atoms with Gasteiger partial charge in [-0.05, 0) is 12.1 Å². The van der Waals surface area contributed by atoms with Crippen LogP contribution in [0, 0.1) is 0 Å². The Morgan fingerprint density at radius 3 is 2.57 bits per heavy atom. The summed E-state index contributed by atoms with van der Waals surface area (Å²) in [4.78, 5) is 24.1. The van der Waals surface area contributed by atoms with E-state index in [1.165, 1.54) is 12.1 Å². The molecule has 1 amide bonds. The lowest BCUT2D eigenvalue weighted by molar-refractivity contribution is -0.154. The number of benzene rings is 1. The fourth-order valence-corrected chi connectivity index (χ4v) is 2.07. The topological polar surface area (TPSA) is 66.8 Å². The summed E-state index contributed by atoms with van der Waals surface area (Å²) in [5.74, 6) is -2.10. The van der Waals surface area contributed by atoms with E-state index in [0.717, 1.165) is 17.0 Å². The molecule has 1 aliphatic rings. The third-order valence-electron chi connectivity index (χ3n) is 3.09. The molecule has 1 atom stereocenters. The molecule has 5 nitrogen and oxygen atoms in total. The van der Waals surface area contributed by atoms with Gasteiger partial charge in [0.25, 0.3) is 5.91 Å². The van der Waals surface area contributed by atoms with Gasteiger partial charge in [0.05, 0.1) is 24.3 Å². The minimum Gasteiger partial charge on any atom is -0.479 e. The molecule has 1 aromatic rings. The number of hydrogen-bond acceptors (Lipinski definition) is 3. The van der Waals surface area contributed by atoms with Crippen molar-refractivity contribution in [1.29, 1.82) is 0 Å². The second-order valence-corrected chi connectivity index (χ2v) is 4.49. The van der Waals surface area contributed by atoms with E-state index < -0.39 is 35.3 Å². The highest BCUT2D eigenvalue weighted by molar-refractivity contribution is 5.96. The van der Waals surface area contributed by atoms with E-state index >= 15 is 0 Å². The first-order valence-electron chi connectivity index (χ1n) is 6.10. The molecule has 0 saturated carbocycles. The van der Waals surface area contributed by atoms with Crippen LogP contribution in [-0.2, 0) is 15.7 Å². The molecular weight excluding hydrogens is 291 g/mol. The molecule has 0 radical (unpaired) electrons. The van der Waals surface area contributed by atoms with Crippen molar-refractivity contribution in [2.45, 2.75) is 12.3 Å². The summed E-state index contributed by atoms with van der Waals surface area (Å²) in [5.41, 5.74) is -1.52. The predicted molar refractivity (Wildman–Crippen MR) is 64.7 cm³/mol. The summed E-state index contributed by atoms with van der Waals surface area (Å²) in [6.45, 7) is -0.258. The molecule has 114 valence electrons. The van der Waals surface area contributed by atoms with Gasteiger partial charge in [-0.1, -0.05) is 12.1 Å². The lowest BCUT2D eigenvalue weighted by Crippen LogP contribution is -2.48. The Morgan fingerprint density at radius 1 is 1.29 bits per heavy atom. The summed E-state index contributed by atoms with van der Waals surface area (Å²) >= 11 is 0. The van der Waals surface area contributed by atoms with Crippen molar-refractivity contribution in [2.75, 3.05) is 19.7 Å². The van der Waals surface area contributed by atoms with Crippen LogP contribution in [0.4, 0.5) is 13.2 Å². The molecule has 21 heavy (non-hydrogen) atoms. The van der Waals surface area contributed by atoms with Crippen LogP contribution in [0.2, 0.25) is 0 Å². The normalized spacial score (nSPS) is 19.4. The fraction of sp³-hybridized carbons (Fsp3) is 0.385. The van der Waals surface area contributed by atoms with Gasteiger partial charge in [0.1, 0.15) is 0 Å². The number of aliphatic carboxylic acids is 1. The average molecular weight is 303 g/mol. The Bertz CT molecular complexity index is 559. The highest BCUT2D eigenvalue weighted by Gasteiger charge is 2.37. The molecule has 0 unspecified atom stereocenters. The molecule has 8 heteroatoms. The first-order valence-corrected chi connectivity index (χ1v) is 6.10. The number of carbonyl (C=O) groups excluding carboxylic acids is 1. The van der Waals surface area contributed by atoms with Crippen LogP contribution in [0.1, 0.15) is 15.9 Å². The largest absolute Gasteiger partial charge is 0.479 e. The van der Waals surface area contributed by atoms with Gasteiger partial charge in [-0.2, -0.15) is 13.2 Å². The number of amides is 1. The molecule has 2 rings (SSSR count). The van der Waals surface area contributed by atoms with E-state index in [0.29, 0.717) is 0 Å². The molecule has 1 fully saturated rings. The van der Waals surface area contributed by atoms with E-state index in [2.05, 4.69) is 0 Å². The number of halogens is 3. The summed E-state index contributed by atoms with van der Waals surface area (Å²) in [5, 5.41) is 8.85. The van der Waals surface area contributed by atoms with Crippen LogP contribution in [0.25, 0.3) is 0 Å². The number of alkyl halides is 3. The molecule has 0 spiro atoms. The number of morpholine rings is 1. The Hall–Kier alpha value is -2.09. The number of ether oxygens (including phenoxy) is 1. The lowest BCUT2D eigenvalue weighted by Gasteiger charge is -2.31. The van der Waals surface area contributed by atoms with E-state index in [9.17, 15) is 22.8 Å². The Balaban J connectivity index is 2.26. The van der Waals surface area contributed by atoms with Gasteiger partial charge in [-0.25, -0.2) is 4.79 Å². The third kappa shape index (κ3) is 3.33. The maximum Gasteiger partial charge on any atom is 0.417 e. The molecule has 0 bridgehead atoms. The molecular formula is C13H12F3NO4. The van der Waals surface area contributed by atoms with E-state index in [1.54, 1.807) is 0 Å². The average Bonchev–Trinajstić information content (AvgIpc) is 2.45. The molecule has 1 aliphatic heterocycles. The highest BCUT2D eigenvalue weighted by Crippen LogP contribution is 2.32. The van der Waals surface area contributed by atoms with E-state index in [-0.39, 0.29) is 19.7 Å². The summed E-state index contributed by atoms with van der Waals surface area (Å²) in [6, 6.07) is 4.43. The van der Waals surface area contributed by atoms with E-state index in [4.69, 9.17) is 9.84 Å². The summed E-state index contributed by atoms with van der Waals surface area (Å²) in [7, 11) is 0. The van der Waals surface area contributed by atoms with Gasteiger partial charge < -0.3 is 14.7 Å². The minimum absolute atomic E-state index is 0.0309. The van der Waals surface area contributed by atoms with Crippen molar-refractivity contribution in [2.24, 2.45) is 0 Å². The van der Waals surface area contributed by atoms with Gasteiger partial charge in [0, 0.05) is 6.54 Å². The first kappa shape index (κ1) is 15.3. The number of rotatable bonds is 2. The van der Waals surface area contributed by atoms with Gasteiger partial charge in [-0.15, -0.1) is 0 Å². The zero-order valence-electron chi connectivity index (χ0n) is 10.8. The van der Waals surface area contributed by atoms with Crippen LogP contribution in [0.3, 0.4) is 0 Å². The van der Waals surface area contributed by atoms with Crippen LogP contribution < -0.4 is 0 Å². The highest BCUT2D eigenvalue weighted by atomic mass is 19.4. The number of hydrogen-bond donors (Lipinski definition) is 1. The molecule has 1 N–H and O–H groups in total. The Kier molecular flexibility index (Phi) is 4.17. The second-order valence-electron chi connectivity index (χ2n) is 4.49. The summed E-state index contributed by atoms with van der Waals surface area (Å²) < 4.78 is 43.6. The quantitative estimate of drug-likeness (QED) is 0.902. The first-order chi connectivity index (χ1) is 9.80. The molecule has 0 aliphatic carbocycles. The standard InChI is InChI=1S/C13H12F3NO4/c14-13(15,16)9-4-2-1-3-8(9)11(18)17-5-6-21-10(7-17)12(19)20/h1-4,10H,5-7H2,(H,19,20)/t10-/m1/s1. The van der Waals surface area contributed by atoms with Gasteiger partial charge in [-0.3, -0.25) is 4.79 Å². The molecule has 0 aromatic heterocycles. The van der Waals surface area contributed by atoms with Crippen molar-refractivity contribution >= 4 is 11.9 Å². The molecule has 1 saturated heterocycles. The van der Waals surface area contributed by atoms with Gasteiger partial charge >= 0.3 is 12.1 Å². The maximum absolute atomic E-state index is 12.9. The Morgan fingerprint density at radius 2 is 1.95 bits per heavy atom. The smallest absolute Gasteiger partial charge is 0.417 e. The maximum atomic E-state index is 12.9. The lowest BCUT2D eigenvalue weighted by atomic mass is 10.1. The zero-order chi connectivity index (χ0) is 15.6. The van der Waals surface area contributed by atoms with Crippen molar-refractivity contribution in [3.63, 3.8) is 0 Å². The number of carboxylic acids is 1. The van der Waals surface area contributed by atoms with Gasteiger partial charge in [0.2, 0.25) is 0 Å². The third-order valence-corrected chi connectivity index (χ3v) is 3.09. The van der Waals surface area contributed by atoms with Crippen LogP contribution >= 0.6 is 0 Å². The predicted octanol–water partition coefficient (Wildman–Crippen LogP) is 1.63. The van der Waals surface area contributed by atoms with Crippen LogP contribution in [-0.4, -0.2) is 47.7 Å². The van der Waals surface area contributed by atoms with Crippen molar-refractivity contribution in [3.8, 4) is 0 Å². The number of nitrogens with zero attached hydrogens (tertiary/aromatic N) is 1. The SMILES string of the molecule is O=C(O)[C@H]1CN(C(=O)c2ccccc2C(F)(F)F)CCO1.